The van der Waals surface area contributed by atoms with Crippen LogP contribution < -0.4 is 5.32 Å². The van der Waals surface area contributed by atoms with Crippen molar-refractivity contribution >= 4 is 16.0 Å². The number of rotatable bonds is 2. The first kappa shape index (κ1) is 9.92. The van der Waals surface area contributed by atoms with Gasteiger partial charge in [-0.25, -0.2) is 0 Å². The van der Waals surface area contributed by atoms with Crippen molar-refractivity contribution in [3.8, 4) is 0 Å². The lowest BCUT2D eigenvalue weighted by Gasteiger charge is -2.15. The molecule has 0 aromatic heterocycles. The molecule has 2 fully saturated rings. The molecule has 1 amide bonds. The van der Waals surface area contributed by atoms with Gasteiger partial charge in [0.2, 0.25) is 5.91 Å². The van der Waals surface area contributed by atoms with Gasteiger partial charge in [-0.05, 0) is 12.8 Å². The largest absolute Gasteiger partial charge is 0.353 e. The maximum Gasteiger partial charge on any atom is 0.264 e. The second-order valence-electron chi connectivity index (χ2n) is 3.96. The number of fused-ring (bicyclic) bond motifs is 1. The predicted octanol–water partition coefficient (Wildman–Crippen LogP) is -0.370. The van der Waals surface area contributed by atoms with Crippen molar-refractivity contribution in [3.63, 3.8) is 0 Å². The van der Waals surface area contributed by atoms with Crippen LogP contribution >= 0.6 is 0 Å². The normalized spacial score (nSPS) is 36.9. The smallest absolute Gasteiger partial charge is 0.264 e. The number of carbonyl (C=O) groups excluding carboxylic acids is 1. The average Bonchev–Trinajstić information content (AvgIpc) is 2.49. The lowest BCUT2D eigenvalue weighted by atomic mass is 10.0. The van der Waals surface area contributed by atoms with E-state index >= 15 is 0 Å². The van der Waals surface area contributed by atoms with E-state index in [0.717, 1.165) is 12.7 Å². The Morgan fingerprint density at radius 2 is 2.14 bits per heavy atom. The van der Waals surface area contributed by atoms with E-state index in [0.29, 0.717) is 12.8 Å². The van der Waals surface area contributed by atoms with Crippen LogP contribution in [0.3, 0.4) is 0 Å². The average molecular weight is 219 g/mol. The molecule has 0 aromatic rings. The van der Waals surface area contributed by atoms with Crippen LogP contribution in [0.15, 0.2) is 0 Å². The Kier molecular flexibility index (Phi) is 2.27. The number of nitrogens with one attached hydrogen (secondary N) is 1. The van der Waals surface area contributed by atoms with Crippen LogP contribution in [-0.4, -0.2) is 32.7 Å². The number of hydrogen-bond donors (Lipinski definition) is 1. The lowest BCUT2D eigenvalue weighted by molar-refractivity contribution is -0.119. The van der Waals surface area contributed by atoms with Crippen LogP contribution in [0.2, 0.25) is 0 Å². The Hall–Kier alpha value is -0.620. The molecular formula is C8H13NO4S. The van der Waals surface area contributed by atoms with E-state index in [4.69, 9.17) is 4.18 Å². The molecule has 1 aliphatic carbocycles. The number of hydrogen-bond acceptors (Lipinski definition) is 4. The Morgan fingerprint density at radius 3 is 2.79 bits per heavy atom. The molecule has 0 aromatic carbocycles. The first-order valence-electron chi connectivity index (χ1n) is 4.63. The maximum atomic E-state index is 11.1. The highest BCUT2D eigenvalue weighted by atomic mass is 32.2. The maximum absolute atomic E-state index is 11.1. The van der Waals surface area contributed by atoms with Crippen LogP contribution in [-0.2, 0) is 19.1 Å². The van der Waals surface area contributed by atoms with Crippen molar-refractivity contribution in [1.29, 1.82) is 0 Å². The van der Waals surface area contributed by atoms with Gasteiger partial charge >= 0.3 is 0 Å². The molecule has 1 saturated heterocycles. The van der Waals surface area contributed by atoms with Crippen molar-refractivity contribution in [1.82, 2.24) is 5.32 Å². The first-order chi connectivity index (χ1) is 6.46. The molecule has 14 heavy (non-hydrogen) atoms. The van der Waals surface area contributed by atoms with Crippen molar-refractivity contribution in [2.45, 2.75) is 31.4 Å². The Labute approximate surface area is 82.9 Å². The van der Waals surface area contributed by atoms with Gasteiger partial charge in [-0.15, -0.1) is 0 Å². The summed E-state index contributed by atoms with van der Waals surface area (Å²) in [6.07, 6.45) is 2.66. The van der Waals surface area contributed by atoms with Crippen molar-refractivity contribution in [3.05, 3.63) is 0 Å². The lowest BCUT2D eigenvalue weighted by Crippen LogP contribution is -2.28. The van der Waals surface area contributed by atoms with Gasteiger partial charge < -0.3 is 5.32 Å². The highest BCUT2D eigenvalue weighted by Crippen LogP contribution is 2.35. The topological polar surface area (TPSA) is 72.5 Å². The van der Waals surface area contributed by atoms with Gasteiger partial charge in [-0.3, -0.25) is 8.98 Å². The molecule has 1 heterocycles. The molecule has 80 valence electrons. The summed E-state index contributed by atoms with van der Waals surface area (Å²) in [6.45, 7) is 0. The third-order valence-corrected chi connectivity index (χ3v) is 3.42. The van der Waals surface area contributed by atoms with E-state index in [9.17, 15) is 13.2 Å². The molecule has 1 aliphatic heterocycles. The summed E-state index contributed by atoms with van der Waals surface area (Å²) < 4.78 is 26.8. The third-order valence-electron chi connectivity index (χ3n) is 2.82. The molecule has 0 spiro atoms. The Bertz CT molecular complexity index is 350. The molecule has 0 unspecified atom stereocenters. The van der Waals surface area contributed by atoms with Crippen LogP contribution in [0, 0.1) is 5.92 Å². The summed E-state index contributed by atoms with van der Waals surface area (Å²) in [4.78, 5) is 11.1. The number of carbonyl (C=O) groups is 1. The third kappa shape index (κ3) is 1.90. The van der Waals surface area contributed by atoms with E-state index in [1.807, 2.05) is 0 Å². The quantitative estimate of drug-likeness (QED) is 0.643. The molecule has 1 N–H and O–H groups in total. The van der Waals surface area contributed by atoms with Gasteiger partial charge in [0.05, 0.1) is 12.4 Å². The minimum absolute atomic E-state index is 0.00167. The van der Waals surface area contributed by atoms with E-state index in [1.54, 1.807) is 0 Å². The molecule has 5 nitrogen and oxygen atoms in total. The van der Waals surface area contributed by atoms with Gasteiger partial charge in [0.25, 0.3) is 10.1 Å². The Morgan fingerprint density at radius 1 is 1.43 bits per heavy atom. The molecular weight excluding hydrogens is 206 g/mol. The summed E-state index contributed by atoms with van der Waals surface area (Å²) in [5.74, 6) is 0.0408. The van der Waals surface area contributed by atoms with Gasteiger partial charge in [0.1, 0.15) is 0 Å². The van der Waals surface area contributed by atoms with E-state index in [2.05, 4.69) is 5.32 Å². The van der Waals surface area contributed by atoms with E-state index in [1.165, 1.54) is 0 Å². The van der Waals surface area contributed by atoms with Crippen LogP contribution in [0.1, 0.15) is 19.3 Å². The van der Waals surface area contributed by atoms with Crippen molar-refractivity contribution < 1.29 is 17.4 Å². The standard InChI is InChI=1S/C8H13NO4S/c1-14(11,12)13-7-3-2-6-5(7)4-8(10)9-6/h5-7H,2-4H2,1H3,(H,9,10)/t5-,6-,7+/m1/s1. The second-order valence-corrected chi connectivity index (χ2v) is 5.56. The highest BCUT2D eigenvalue weighted by Gasteiger charge is 2.44. The fourth-order valence-electron chi connectivity index (χ4n) is 2.31. The van der Waals surface area contributed by atoms with Gasteiger partial charge in [0, 0.05) is 18.4 Å². The van der Waals surface area contributed by atoms with Gasteiger partial charge in [-0.1, -0.05) is 0 Å². The monoisotopic (exact) mass is 219 g/mol. The summed E-state index contributed by atoms with van der Waals surface area (Å²) in [5.41, 5.74) is 0. The summed E-state index contributed by atoms with van der Waals surface area (Å²) >= 11 is 0. The zero-order valence-electron chi connectivity index (χ0n) is 7.89. The molecule has 2 rings (SSSR count). The minimum atomic E-state index is -3.40. The fourth-order valence-corrected chi connectivity index (χ4v) is 3.00. The molecule has 0 bridgehead atoms. The van der Waals surface area contributed by atoms with Gasteiger partial charge in [-0.2, -0.15) is 8.42 Å². The van der Waals surface area contributed by atoms with Gasteiger partial charge in [0.15, 0.2) is 0 Å². The molecule has 0 radical (unpaired) electrons. The van der Waals surface area contributed by atoms with Crippen LogP contribution in [0.5, 0.6) is 0 Å². The zero-order valence-corrected chi connectivity index (χ0v) is 8.71. The molecule has 6 heteroatoms. The predicted molar refractivity (Wildman–Crippen MR) is 49.0 cm³/mol. The summed E-state index contributed by atoms with van der Waals surface area (Å²) in [5, 5.41) is 2.82. The Balaban J connectivity index is 2.06. The zero-order chi connectivity index (χ0) is 10.3. The van der Waals surface area contributed by atoms with Crippen LogP contribution in [0.4, 0.5) is 0 Å². The van der Waals surface area contributed by atoms with Crippen LogP contribution in [0.25, 0.3) is 0 Å². The summed E-state index contributed by atoms with van der Waals surface area (Å²) in [7, 11) is -3.40. The molecule has 1 saturated carbocycles. The minimum Gasteiger partial charge on any atom is -0.353 e. The van der Waals surface area contributed by atoms with Crippen molar-refractivity contribution in [2.24, 2.45) is 5.92 Å². The van der Waals surface area contributed by atoms with E-state index < -0.39 is 10.1 Å². The first-order valence-corrected chi connectivity index (χ1v) is 6.45. The fraction of sp³-hybridized carbons (Fsp3) is 0.875. The summed E-state index contributed by atoms with van der Waals surface area (Å²) in [6, 6.07) is 0.120. The highest BCUT2D eigenvalue weighted by molar-refractivity contribution is 7.86. The number of amides is 1. The second kappa shape index (κ2) is 3.20. The molecule has 2 aliphatic rings. The molecule has 3 atom stereocenters. The van der Waals surface area contributed by atoms with E-state index in [-0.39, 0.29) is 24.0 Å². The van der Waals surface area contributed by atoms with Crippen molar-refractivity contribution in [2.75, 3.05) is 6.26 Å². The SMILES string of the molecule is CS(=O)(=O)O[C@H]1CC[C@H]2NC(=O)C[C@@H]12.